The summed E-state index contributed by atoms with van der Waals surface area (Å²) in [6.07, 6.45) is 0. The van der Waals surface area contributed by atoms with Gasteiger partial charge >= 0.3 is 5.69 Å². The van der Waals surface area contributed by atoms with Gasteiger partial charge in [0.2, 0.25) is 5.91 Å². The van der Waals surface area contributed by atoms with Crippen LogP contribution in [-0.4, -0.2) is 23.8 Å². The molecule has 2 aromatic rings. The number of primary amides is 1. The summed E-state index contributed by atoms with van der Waals surface area (Å²) in [7, 11) is 1.31. The molecule has 0 saturated heterocycles. The molecule has 0 atom stereocenters. The van der Waals surface area contributed by atoms with Crippen LogP contribution in [0.4, 0.5) is 11.4 Å². The Kier molecular flexibility index (Phi) is 4.55. The Bertz CT molecular complexity index is 771. The van der Waals surface area contributed by atoms with Crippen molar-refractivity contribution in [3.8, 4) is 5.75 Å². The summed E-state index contributed by atoms with van der Waals surface area (Å²) in [5.74, 6) is -1.03. The van der Waals surface area contributed by atoms with E-state index in [1.54, 1.807) is 0 Å². The van der Waals surface area contributed by atoms with Crippen molar-refractivity contribution < 1.29 is 19.2 Å². The van der Waals surface area contributed by atoms with Crippen LogP contribution in [0.25, 0.3) is 0 Å². The molecule has 0 aromatic heterocycles. The topological polar surface area (TPSA) is 125 Å². The van der Waals surface area contributed by atoms with E-state index in [9.17, 15) is 19.7 Å². The SMILES string of the molecule is COc1ccc(C(=O)Nc2ccc(C(N)=O)cc2)cc1[N+](=O)[O-]. The van der Waals surface area contributed by atoms with Crippen LogP contribution < -0.4 is 15.8 Å². The van der Waals surface area contributed by atoms with Gasteiger partial charge in [0.05, 0.1) is 12.0 Å². The first-order valence-corrected chi connectivity index (χ1v) is 6.46. The van der Waals surface area contributed by atoms with Crippen LogP contribution in [0.5, 0.6) is 5.75 Å². The number of carbonyl (C=O) groups excluding carboxylic acids is 2. The Hall–Kier alpha value is -3.42. The van der Waals surface area contributed by atoms with Crippen LogP contribution in [0.15, 0.2) is 42.5 Å². The van der Waals surface area contributed by atoms with Gasteiger partial charge < -0.3 is 15.8 Å². The third kappa shape index (κ3) is 3.62. The van der Waals surface area contributed by atoms with E-state index in [2.05, 4.69) is 5.32 Å². The number of amides is 2. The minimum absolute atomic E-state index is 0.0670. The Morgan fingerprint density at radius 1 is 1.13 bits per heavy atom. The van der Waals surface area contributed by atoms with E-state index >= 15 is 0 Å². The van der Waals surface area contributed by atoms with E-state index in [1.165, 1.54) is 43.5 Å². The van der Waals surface area contributed by atoms with Crippen LogP contribution in [0.3, 0.4) is 0 Å². The Labute approximate surface area is 131 Å². The summed E-state index contributed by atoms with van der Waals surface area (Å²) < 4.78 is 4.88. The van der Waals surface area contributed by atoms with Crippen LogP contribution >= 0.6 is 0 Å². The Morgan fingerprint density at radius 2 is 1.74 bits per heavy atom. The molecule has 2 amide bonds. The number of nitro groups is 1. The van der Waals surface area contributed by atoms with Gasteiger partial charge in [0.1, 0.15) is 0 Å². The number of nitrogens with one attached hydrogen (secondary N) is 1. The average Bonchev–Trinajstić information content (AvgIpc) is 2.54. The van der Waals surface area contributed by atoms with E-state index in [1.807, 2.05) is 0 Å². The molecule has 118 valence electrons. The third-order valence-corrected chi connectivity index (χ3v) is 3.07. The number of carbonyl (C=O) groups is 2. The highest BCUT2D eigenvalue weighted by Gasteiger charge is 2.18. The van der Waals surface area contributed by atoms with Gasteiger partial charge in [-0.2, -0.15) is 0 Å². The van der Waals surface area contributed by atoms with Gasteiger partial charge in [0, 0.05) is 22.9 Å². The first kappa shape index (κ1) is 16.0. The molecule has 0 unspecified atom stereocenters. The molecule has 0 aliphatic rings. The summed E-state index contributed by atoms with van der Waals surface area (Å²) >= 11 is 0. The molecule has 0 spiro atoms. The molecule has 2 aromatic carbocycles. The van der Waals surface area contributed by atoms with E-state index in [4.69, 9.17) is 10.5 Å². The van der Waals surface area contributed by atoms with Crippen molar-refractivity contribution >= 4 is 23.2 Å². The predicted octanol–water partition coefficient (Wildman–Crippen LogP) is 1.95. The zero-order valence-corrected chi connectivity index (χ0v) is 12.1. The zero-order valence-electron chi connectivity index (χ0n) is 12.1. The smallest absolute Gasteiger partial charge is 0.311 e. The molecule has 0 heterocycles. The van der Waals surface area contributed by atoms with Gasteiger partial charge in [-0.05, 0) is 36.4 Å². The summed E-state index contributed by atoms with van der Waals surface area (Å²) in [5, 5.41) is 13.5. The van der Waals surface area contributed by atoms with E-state index in [-0.39, 0.29) is 17.0 Å². The fourth-order valence-corrected chi connectivity index (χ4v) is 1.89. The maximum atomic E-state index is 12.1. The quantitative estimate of drug-likeness (QED) is 0.644. The number of nitro benzene ring substituents is 1. The number of rotatable bonds is 5. The molecule has 2 rings (SSSR count). The minimum Gasteiger partial charge on any atom is -0.490 e. The lowest BCUT2D eigenvalue weighted by Crippen LogP contribution is -2.13. The number of ether oxygens (including phenoxy) is 1. The number of nitrogens with zero attached hydrogens (tertiary/aromatic N) is 1. The van der Waals surface area contributed by atoms with Crippen molar-refractivity contribution in [1.82, 2.24) is 0 Å². The van der Waals surface area contributed by atoms with E-state index < -0.39 is 16.7 Å². The lowest BCUT2D eigenvalue weighted by molar-refractivity contribution is -0.385. The summed E-state index contributed by atoms with van der Waals surface area (Å²) in [6.45, 7) is 0. The monoisotopic (exact) mass is 315 g/mol. The first-order chi connectivity index (χ1) is 10.9. The van der Waals surface area contributed by atoms with Crippen molar-refractivity contribution in [2.24, 2.45) is 5.73 Å². The fourth-order valence-electron chi connectivity index (χ4n) is 1.89. The average molecular weight is 315 g/mol. The summed E-state index contributed by atoms with van der Waals surface area (Å²) in [6, 6.07) is 9.85. The second-order valence-electron chi connectivity index (χ2n) is 4.54. The first-order valence-electron chi connectivity index (χ1n) is 6.46. The summed E-state index contributed by atoms with van der Waals surface area (Å²) in [4.78, 5) is 33.5. The number of benzene rings is 2. The zero-order chi connectivity index (χ0) is 17.0. The Morgan fingerprint density at radius 3 is 2.26 bits per heavy atom. The van der Waals surface area contributed by atoms with Gasteiger partial charge in [-0.25, -0.2) is 0 Å². The normalized spacial score (nSPS) is 9.96. The van der Waals surface area contributed by atoms with Crippen LogP contribution in [0.1, 0.15) is 20.7 Å². The highest BCUT2D eigenvalue weighted by molar-refractivity contribution is 6.05. The van der Waals surface area contributed by atoms with Crippen LogP contribution in [0, 0.1) is 10.1 Å². The van der Waals surface area contributed by atoms with Crippen LogP contribution in [0.2, 0.25) is 0 Å². The van der Waals surface area contributed by atoms with Crippen molar-refractivity contribution in [3.05, 3.63) is 63.7 Å². The molecule has 0 bridgehead atoms. The second-order valence-corrected chi connectivity index (χ2v) is 4.54. The number of methoxy groups -OCH3 is 1. The molecule has 0 aliphatic heterocycles. The van der Waals surface area contributed by atoms with Crippen molar-refractivity contribution in [2.75, 3.05) is 12.4 Å². The number of anilines is 1. The number of hydrogen-bond donors (Lipinski definition) is 2. The standard InChI is InChI=1S/C15H13N3O5/c1-23-13-7-4-10(8-12(13)18(21)22)15(20)17-11-5-2-9(3-6-11)14(16)19/h2-8H,1H3,(H2,16,19)(H,17,20). The van der Waals surface area contributed by atoms with Crippen molar-refractivity contribution in [1.29, 1.82) is 0 Å². The molecule has 0 fully saturated rings. The molecule has 8 nitrogen and oxygen atoms in total. The van der Waals surface area contributed by atoms with Crippen molar-refractivity contribution in [2.45, 2.75) is 0 Å². The van der Waals surface area contributed by atoms with E-state index in [0.29, 0.717) is 11.3 Å². The maximum absolute atomic E-state index is 12.1. The van der Waals surface area contributed by atoms with Gasteiger partial charge in [0.15, 0.2) is 5.75 Å². The third-order valence-electron chi connectivity index (χ3n) is 3.07. The molecule has 0 radical (unpaired) electrons. The lowest BCUT2D eigenvalue weighted by Gasteiger charge is -2.07. The summed E-state index contributed by atoms with van der Waals surface area (Å²) in [5.41, 5.74) is 5.67. The minimum atomic E-state index is -0.628. The Balaban J connectivity index is 2.22. The van der Waals surface area contributed by atoms with Crippen LogP contribution in [-0.2, 0) is 0 Å². The molecular weight excluding hydrogens is 302 g/mol. The fraction of sp³-hybridized carbons (Fsp3) is 0.0667. The second kappa shape index (κ2) is 6.56. The largest absolute Gasteiger partial charge is 0.490 e. The molecular formula is C15H13N3O5. The molecule has 23 heavy (non-hydrogen) atoms. The van der Waals surface area contributed by atoms with Crippen molar-refractivity contribution in [3.63, 3.8) is 0 Å². The highest BCUT2D eigenvalue weighted by atomic mass is 16.6. The maximum Gasteiger partial charge on any atom is 0.311 e. The molecule has 8 heteroatoms. The number of hydrogen-bond acceptors (Lipinski definition) is 5. The van der Waals surface area contributed by atoms with Gasteiger partial charge in [0.25, 0.3) is 5.91 Å². The van der Waals surface area contributed by atoms with Gasteiger partial charge in [-0.1, -0.05) is 0 Å². The lowest BCUT2D eigenvalue weighted by atomic mass is 10.1. The van der Waals surface area contributed by atoms with E-state index in [0.717, 1.165) is 6.07 Å². The molecule has 3 N–H and O–H groups in total. The number of nitrogens with two attached hydrogens (primary N) is 1. The molecule has 0 saturated carbocycles. The van der Waals surface area contributed by atoms with Gasteiger partial charge in [-0.3, -0.25) is 19.7 Å². The molecule has 0 aliphatic carbocycles. The predicted molar refractivity (Wildman–Crippen MR) is 82.6 cm³/mol. The highest BCUT2D eigenvalue weighted by Crippen LogP contribution is 2.27. The van der Waals surface area contributed by atoms with Gasteiger partial charge in [-0.15, -0.1) is 0 Å².